The van der Waals surface area contributed by atoms with Crippen LogP contribution in [0.5, 0.6) is 5.88 Å². The number of carbonyl (C=O) groups excluding carboxylic acids is 1. The van der Waals surface area contributed by atoms with Gasteiger partial charge < -0.3 is 4.74 Å². The third-order valence-electron chi connectivity index (χ3n) is 9.33. The predicted octanol–water partition coefficient (Wildman–Crippen LogP) is 7.50. The summed E-state index contributed by atoms with van der Waals surface area (Å²) in [4.78, 5) is 19.8. The molecule has 1 amide bonds. The summed E-state index contributed by atoms with van der Waals surface area (Å²) in [6.45, 7) is 6.83. The van der Waals surface area contributed by atoms with Gasteiger partial charge in [-0.2, -0.15) is 18.4 Å². The number of ether oxygens (including phenoxy) is 1. The summed E-state index contributed by atoms with van der Waals surface area (Å²) in [6.07, 6.45) is 7.77. The number of carbonyl (C=O) groups is 1. The largest absolute Gasteiger partial charge is 0.477 e. The summed E-state index contributed by atoms with van der Waals surface area (Å²) in [5.41, 5.74) is 2.50. The van der Waals surface area contributed by atoms with E-state index in [4.69, 9.17) is 16.3 Å². The van der Waals surface area contributed by atoms with Gasteiger partial charge in [0, 0.05) is 23.4 Å². The average Bonchev–Trinajstić information content (AvgIpc) is 3.38. The van der Waals surface area contributed by atoms with E-state index >= 15 is 0 Å². The Labute approximate surface area is 235 Å². The van der Waals surface area contributed by atoms with Gasteiger partial charge in [0.05, 0.1) is 35.4 Å². The normalized spacial score (nSPS) is 28.4. The number of allylic oxidation sites excluding steroid dienone is 4. The fourth-order valence-electron chi connectivity index (χ4n) is 7.68. The number of rotatable bonds is 5. The minimum atomic E-state index is -4.54. The van der Waals surface area contributed by atoms with E-state index in [2.05, 4.69) is 24.6 Å². The van der Waals surface area contributed by atoms with Gasteiger partial charge >= 0.3 is 6.18 Å². The fourth-order valence-corrected chi connectivity index (χ4v) is 7.90. The number of aromatic nitrogens is 1. The molecule has 0 spiro atoms. The Morgan fingerprint density at radius 2 is 2.08 bits per heavy atom. The highest BCUT2D eigenvalue weighted by atomic mass is 35.5. The number of nitrogens with zero attached hydrogens (tertiary/aromatic N) is 3. The van der Waals surface area contributed by atoms with Crippen LogP contribution in [0.1, 0.15) is 54.9 Å². The monoisotopic (exact) mass is 565 g/mol. The molecule has 4 atom stereocenters. The lowest BCUT2D eigenvalue weighted by Crippen LogP contribution is -2.37. The Morgan fingerprint density at radius 1 is 1.27 bits per heavy atom. The molecule has 0 unspecified atom stereocenters. The highest BCUT2D eigenvalue weighted by Crippen LogP contribution is 2.72. The van der Waals surface area contributed by atoms with Crippen LogP contribution in [-0.2, 0) is 17.4 Å². The third kappa shape index (κ3) is 3.97. The van der Waals surface area contributed by atoms with Gasteiger partial charge in [-0.3, -0.25) is 9.69 Å². The topological polar surface area (TPSA) is 66.2 Å². The molecule has 1 aliphatic heterocycles. The number of pyridine rings is 1. The minimum absolute atomic E-state index is 0.00151. The number of fused-ring (bicyclic) bond motifs is 6. The van der Waals surface area contributed by atoms with E-state index in [9.17, 15) is 23.2 Å². The zero-order valence-corrected chi connectivity index (χ0v) is 22.6. The molecule has 5 nitrogen and oxygen atoms in total. The second-order valence-corrected chi connectivity index (χ2v) is 12.0. The highest BCUT2D eigenvalue weighted by molar-refractivity contribution is 6.31. The first kappa shape index (κ1) is 26.6. The lowest BCUT2D eigenvalue weighted by atomic mass is 9.67. The molecule has 6 rings (SSSR count). The Bertz CT molecular complexity index is 1540. The van der Waals surface area contributed by atoms with E-state index in [1.807, 2.05) is 30.4 Å². The lowest BCUT2D eigenvalue weighted by Gasteiger charge is -2.35. The van der Waals surface area contributed by atoms with Crippen LogP contribution >= 0.6 is 11.6 Å². The van der Waals surface area contributed by atoms with Crippen molar-refractivity contribution in [1.29, 1.82) is 5.26 Å². The summed E-state index contributed by atoms with van der Waals surface area (Å²) in [7, 11) is 0. The molecular weight excluding hydrogens is 539 g/mol. The van der Waals surface area contributed by atoms with Crippen molar-refractivity contribution in [1.82, 2.24) is 4.98 Å². The second kappa shape index (κ2) is 9.24. The third-order valence-corrected chi connectivity index (χ3v) is 9.60. The number of benzene rings is 1. The lowest BCUT2D eigenvalue weighted by molar-refractivity contribution is -0.137. The van der Waals surface area contributed by atoms with E-state index in [-0.39, 0.29) is 46.1 Å². The number of amides is 1. The van der Waals surface area contributed by atoms with E-state index in [0.29, 0.717) is 24.6 Å². The van der Waals surface area contributed by atoms with Gasteiger partial charge in [0.15, 0.2) is 0 Å². The molecule has 1 aromatic carbocycles. The molecule has 0 N–H and O–H groups in total. The Hall–Kier alpha value is -3.57. The molecule has 2 heterocycles. The number of hydrogen-bond acceptors (Lipinski definition) is 4. The van der Waals surface area contributed by atoms with Gasteiger partial charge in [-0.05, 0) is 66.7 Å². The number of halogens is 4. The van der Waals surface area contributed by atoms with Gasteiger partial charge in [0.1, 0.15) is 5.02 Å². The van der Waals surface area contributed by atoms with Crippen molar-refractivity contribution in [3.8, 4) is 11.9 Å². The molecule has 9 heteroatoms. The predicted molar refractivity (Wildman–Crippen MR) is 145 cm³/mol. The average molecular weight is 566 g/mol. The molecule has 1 saturated heterocycles. The summed E-state index contributed by atoms with van der Waals surface area (Å²) in [6, 6.07) is 6.70. The number of nitriles is 1. The van der Waals surface area contributed by atoms with E-state index in [1.54, 1.807) is 11.0 Å². The van der Waals surface area contributed by atoms with Crippen LogP contribution in [0.15, 0.2) is 54.9 Å². The van der Waals surface area contributed by atoms with Crippen LogP contribution in [0.3, 0.4) is 0 Å². The summed E-state index contributed by atoms with van der Waals surface area (Å²) >= 11 is 6.05. The molecule has 1 aromatic heterocycles. The van der Waals surface area contributed by atoms with E-state index in [1.165, 1.54) is 0 Å². The quantitative estimate of drug-likeness (QED) is 0.376. The maximum Gasteiger partial charge on any atom is 0.417 e. The molecule has 2 aromatic rings. The van der Waals surface area contributed by atoms with Gasteiger partial charge in [0.25, 0.3) is 0 Å². The van der Waals surface area contributed by atoms with Crippen LogP contribution in [-0.4, -0.2) is 17.5 Å². The van der Waals surface area contributed by atoms with Gasteiger partial charge in [-0.25, -0.2) is 4.98 Å². The minimum Gasteiger partial charge on any atom is -0.477 e. The molecule has 2 saturated carbocycles. The van der Waals surface area contributed by atoms with Crippen LogP contribution in [0.2, 0.25) is 5.02 Å². The molecular formula is C31H27ClF3N3O2. The van der Waals surface area contributed by atoms with Crippen LogP contribution in [0.25, 0.3) is 6.08 Å². The van der Waals surface area contributed by atoms with Crippen LogP contribution in [0, 0.1) is 34.0 Å². The fraction of sp³-hybridized carbons (Fsp3) is 0.387. The van der Waals surface area contributed by atoms with Gasteiger partial charge in [-0.1, -0.05) is 49.4 Å². The Morgan fingerprint density at radius 3 is 2.80 bits per heavy atom. The van der Waals surface area contributed by atoms with E-state index in [0.717, 1.165) is 47.8 Å². The van der Waals surface area contributed by atoms with Crippen molar-refractivity contribution >= 4 is 29.3 Å². The van der Waals surface area contributed by atoms with Gasteiger partial charge in [0.2, 0.25) is 11.8 Å². The van der Waals surface area contributed by atoms with Crippen molar-refractivity contribution in [3.63, 3.8) is 0 Å². The molecule has 4 aliphatic rings. The first-order valence-corrected chi connectivity index (χ1v) is 13.6. The maximum absolute atomic E-state index is 14.3. The highest BCUT2D eigenvalue weighted by Gasteiger charge is 2.70. The Balaban J connectivity index is 1.28. The summed E-state index contributed by atoms with van der Waals surface area (Å²) < 4.78 is 44.7. The van der Waals surface area contributed by atoms with Crippen LogP contribution < -0.4 is 9.64 Å². The van der Waals surface area contributed by atoms with Crippen LogP contribution in [0.4, 0.5) is 18.9 Å². The zero-order valence-electron chi connectivity index (χ0n) is 21.9. The van der Waals surface area contributed by atoms with Crippen molar-refractivity contribution in [2.24, 2.45) is 22.7 Å². The molecule has 3 aliphatic carbocycles. The summed E-state index contributed by atoms with van der Waals surface area (Å²) in [5.74, 6) is -0.356. The number of anilines is 1. The first-order valence-electron chi connectivity index (χ1n) is 13.3. The van der Waals surface area contributed by atoms with Crippen molar-refractivity contribution < 1.29 is 22.7 Å². The zero-order chi connectivity index (χ0) is 28.4. The van der Waals surface area contributed by atoms with Gasteiger partial charge in [-0.15, -0.1) is 0 Å². The van der Waals surface area contributed by atoms with E-state index < -0.39 is 11.7 Å². The summed E-state index contributed by atoms with van der Waals surface area (Å²) in [5, 5.41) is 9.48. The standard InChI is InChI=1S/C31H27ClF3N3O2/c1-18-25-26(28(39)38(18)24-9-8-19(15-36)21-6-4-3-5-7-22(21)24)30(11-10-29(25,2)17-30)12-13-40-27-23(32)14-20(16-37-27)31(33,34)35/h3-5,7-9,14,16,25-26H,1,6,10-13,17H2,2H3/t25-,26-,29-,30-/m1/s1. The number of hydrogen-bond donors (Lipinski definition) is 0. The first-order chi connectivity index (χ1) is 19.0. The SMILES string of the molecule is C=C1[C@@H]2[C@H](C(=O)N1c1ccc(C#N)c3c1C=CC=CC3)[C@@]1(CCOc3ncc(C(F)(F)F)cc3Cl)CC[C@]2(C)C1. The molecule has 206 valence electrons. The Kier molecular flexibility index (Phi) is 6.15. The maximum atomic E-state index is 14.3. The molecule has 40 heavy (non-hydrogen) atoms. The van der Waals surface area contributed by atoms with Crippen molar-refractivity contribution in [2.75, 3.05) is 11.5 Å². The van der Waals surface area contributed by atoms with Crippen molar-refractivity contribution in [2.45, 2.75) is 45.2 Å². The smallest absolute Gasteiger partial charge is 0.417 e. The molecule has 3 fully saturated rings. The van der Waals surface area contributed by atoms with Crippen molar-refractivity contribution in [3.05, 3.63) is 82.2 Å². The molecule has 2 bridgehead atoms. The molecule has 0 radical (unpaired) electrons. The number of alkyl halides is 3. The second-order valence-electron chi connectivity index (χ2n) is 11.5.